The highest BCUT2D eigenvalue weighted by Gasteiger charge is 2.23. The number of nitrogens with zero attached hydrogens (tertiary/aromatic N) is 1. The third kappa shape index (κ3) is 2.58. The summed E-state index contributed by atoms with van der Waals surface area (Å²) in [5, 5.41) is 0. The number of aryl methyl sites for hydroxylation is 1. The molecule has 0 unspecified atom stereocenters. The number of fused-ring (bicyclic) bond motifs is 1. The van der Waals surface area contributed by atoms with Crippen molar-refractivity contribution in [2.75, 3.05) is 7.05 Å². The molecule has 2 heteroatoms. The lowest BCUT2D eigenvalue weighted by Crippen LogP contribution is -2.17. The maximum absolute atomic E-state index is 11.5. The van der Waals surface area contributed by atoms with E-state index in [1.165, 1.54) is 6.42 Å². The van der Waals surface area contributed by atoms with E-state index in [0.717, 1.165) is 23.2 Å². The Morgan fingerprint density at radius 1 is 1.33 bits per heavy atom. The van der Waals surface area contributed by atoms with Crippen LogP contribution in [0.2, 0.25) is 0 Å². The van der Waals surface area contributed by atoms with E-state index in [9.17, 15) is 4.79 Å². The zero-order chi connectivity index (χ0) is 11.4. The summed E-state index contributed by atoms with van der Waals surface area (Å²) >= 11 is 0. The normalized spacial score (nSPS) is 13.3. The summed E-state index contributed by atoms with van der Waals surface area (Å²) in [6.07, 6.45) is 1.25. The third-order valence-electron chi connectivity index (χ3n) is 2.25. The maximum Gasteiger partial charge on any atom is 0.254 e. The first-order valence-corrected chi connectivity index (χ1v) is 5.45. The largest absolute Gasteiger partial charge is 0.337 e. The summed E-state index contributed by atoms with van der Waals surface area (Å²) in [6.45, 7) is 7.01. The van der Waals surface area contributed by atoms with Crippen molar-refractivity contribution in [2.45, 2.75) is 33.7 Å². The van der Waals surface area contributed by atoms with Gasteiger partial charge in [-0.2, -0.15) is 0 Å². The van der Waals surface area contributed by atoms with Crippen LogP contribution in [-0.4, -0.2) is 17.9 Å². The number of hydrogen-bond acceptors (Lipinski definition) is 1. The van der Waals surface area contributed by atoms with Gasteiger partial charge in [0.1, 0.15) is 0 Å². The van der Waals surface area contributed by atoms with Crippen LogP contribution < -0.4 is 0 Å². The van der Waals surface area contributed by atoms with Crippen LogP contribution in [0.4, 0.5) is 0 Å². The van der Waals surface area contributed by atoms with Gasteiger partial charge in [-0.15, -0.1) is 0 Å². The molecule has 0 atom stereocenters. The van der Waals surface area contributed by atoms with E-state index in [4.69, 9.17) is 0 Å². The Kier molecular flexibility index (Phi) is 3.89. The predicted molar refractivity (Wildman–Crippen MR) is 62.9 cm³/mol. The average molecular weight is 205 g/mol. The van der Waals surface area contributed by atoms with Gasteiger partial charge in [-0.3, -0.25) is 4.79 Å². The number of hydrogen-bond donors (Lipinski definition) is 0. The van der Waals surface area contributed by atoms with E-state index in [2.05, 4.69) is 13.8 Å². The molecule has 1 aromatic rings. The fraction of sp³-hybridized carbons (Fsp3) is 0.462. The molecule has 2 rings (SSSR count). The second-order valence-electron chi connectivity index (χ2n) is 4.03. The first kappa shape index (κ1) is 11.8. The van der Waals surface area contributed by atoms with Crippen LogP contribution >= 0.6 is 0 Å². The van der Waals surface area contributed by atoms with Gasteiger partial charge in [0.05, 0.1) is 0 Å². The molecule has 0 fully saturated rings. The zero-order valence-corrected chi connectivity index (χ0v) is 10.0. The number of carbonyl (C=O) groups excluding carboxylic acids is 1. The van der Waals surface area contributed by atoms with Gasteiger partial charge in [-0.05, 0) is 18.6 Å². The molecule has 1 aliphatic rings. The molecule has 0 aliphatic carbocycles. The van der Waals surface area contributed by atoms with Gasteiger partial charge in [0.25, 0.3) is 5.91 Å². The SMILES string of the molecule is CCC.Cc1ccc2c(c1)C(=O)N(C)C2. The first-order chi connectivity index (χ1) is 7.10. The highest BCUT2D eigenvalue weighted by atomic mass is 16.2. The summed E-state index contributed by atoms with van der Waals surface area (Å²) in [7, 11) is 1.83. The van der Waals surface area contributed by atoms with Crippen LogP contribution in [0.15, 0.2) is 18.2 Å². The van der Waals surface area contributed by atoms with Crippen molar-refractivity contribution in [3.63, 3.8) is 0 Å². The van der Waals surface area contributed by atoms with Crippen molar-refractivity contribution in [1.29, 1.82) is 0 Å². The average Bonchev–Trinajstić information content (AvgIpc) is 2.46. The number of amides is 1. The van der Waals surface area contributed by atoms with Crippen molar-refractivity contribution < 1.29 is 4.79 Å². The molecule has 1 aromatic carbocycles. The smallest absolute Gasteiger partial charge is 0.254 e. The molecule has 0 radical (unpaired) electrons. The van der Waals surface area contributed by atoms with Crippen LogP contribution in [0.3, 0.4) is 0 Å². The zero-order valence-electron chi connectivity index (χ0n) is 10.0. The minimum atomic E-state index is 0.147. The van der Waals surface area contributed by atoms with Crippen LogP contribution in [-0.2, 0) is 6.54 Å². The Hall–Kier alpha value is -1.31. The second kappa shape index (κ2) is 4.96. The summed E-state index contributed by atoms with van der Waals surface area (Å²) in [4.78, 5) is 13.2. The molecule has 0 spiro atoms. The number of rotatable bonds is 0. The molecule has 1 aliphatic heterocycles. The van der Waals surface area contributed by atoms with E-state index >= 15 is 0 Å². The second-order valence-corrected chi connectivity index (χ2v) is 4.03. The predicted octanol–water partition coefficient (Wildman–Crippen LogP) is 3.00. The van der Waals surface area contributed by atoms with Crippen molar-refractivity contribution in [3.05, 3.63) is 34.9 Å². The lowest BCUT2D eigenvalue weighted by atomic mass is 10.1. The summed E-state index contributed by atoms with van der Waals surface area (Å²) in [5.41, 5.74) is 3.17. The Balaban J connectivity index is 0.000000337. The van der Waals surface area contributed by atoms with E-state index in [1.54, 1.807) is 4.90 Å². The Bertz CT molecular complexity index is 358. The molecular weight excluding hydrogens is 186 g/mol. The van der Waals surface area contributed by atoms with Crippen molar-refractivity contribution in [1.82, 2.24) is 4.90 Å². The highest BCUT2D eigenvalue weighted by Crippen LogP contribution is 2.21. The molecule has 1 heterocycles. The Labute approximate surface area is 91.9 Å². The summed E-state index contributed by atoms with van der Waals surface area (Å²) in [6, 6.07) is 6.04. The van der Waals surface area contributed by atoms with Gasteiger partial charge >= 0.3 is 0 Å². The molecule has 1 amide bonds. The monoisotopic (exact) mass is 205 g/mol. The van der Waals surface area contributed by atoms with Crippen molar-refractivity contribution in [2.24, 2.45) is 0 Å². The highest BCUT2D eigenvalue weighted by molar-refractivity contribution is 5.98. The van der Waals surface area contributed by atoms with Crippen molar-refractivity contribution in [3.8, 4) is 0 Å². The van der Waals surface area contributed by atoms with Gasteiger partial charge in [0.15, 0.2) is 0 Å². The molecule has 15 heavy (non-hydrogen) atoms. The van der Waals surface area contributed by atoms with E-state index in [-0.39, 0.29) is 5.91 Å². The van der Waals surface area contributed by atoms with E-state index < -0.39 is 0 Å². The van der Waals surface area contributed by atoms with Gasteiger partial charge in [-0.1, -0.05) is 38.0 Å². The molecule has 0 N–H and O–H groups in total. The Morgan fingerprint density at radius 2 is 1.93 bits per heavy atom. The van der Waals surface area contributed by atoms with Gasteiger partial charge in [-0.25, -0.2) is 0 Å². The lowest BCUT2D eigenvalue weighted by Gasteiger charge is -2.04. The number of benzene rings is 1. The van der Waals surface area contributed by atoms with Crippen LogP contribution in [0.5, 0.6) is 0 Å². The first-order valence-electron chi connectivity index (χ1n) is 5.45. The molecule has 2 nitrogen and oxygen atoms in total. The fourth-order valence-corrected chi connectivity index (χ4v) is 1.56. The lowest BCUT2D eigenvalue weighted by molar-refractivity contribution is 0.0816. The molecule has 0 saturated carbocycles. The van der Waals surface area contributed by atoms with Gasteiger partial charge in [0, 0.05) is 19.2 Å². The maximum atomic E-state index is 11.5. The number of carbonyl (C=O) groups is 1. The minimum absolute atomic E-state index is 0.147. The van der Waals surface area contributed by atoms with E-state index in [1.807, 2.05) is 32.2 Å². The van der Waals surface area contributed by atoms with Gasteiger partial charge in [0.2, 0.25) is 0 Å². The molecule has 0 saturated heterocycles. The fourth-order valence-electron chi connectivity index (χ4n) is 1.56. The summed E-state index contributed by atoms with van der Waals surface area (Å²) in [5.74, 6) is 0.147. The molecule has 0 bridgehead atoms. The molecule has 0 aromatic heterocycles. The van der Waals surface area contributed by atoms with Gasteiger partial charge < -0.3 is 4.90 Å². The van der Waals surface area contributed by atoms with Crippen LogP contribution in [0.1, 0.15) is 41.8 Å². The van der Waals surface area contributed by atoms with Crippen molar-refractivity contribution >= 4 is 5.91 Å². The van der Waals surface area contributed by atoms with Crippen LogP contribution in [0, 0.1) is 6.92 Å². The topological polar surface area (TPSA) is 20.3 Å². The van der Waals surface area contributed by atoms with E-state index in [0.29, 0.717) is 0 Å². The summed E-state index contributed by atoms with van der Waals surface area (Å²) < 4.78 is 0. The standard InChI is InChI=1S/C10H11NO.C3H8/c1-7-3-4-8-6-11(2)10(12)9(8)5-7;1-3-2/h3-5H,6H2,1-2H3;3H2,1-2H3. The molecular formula is C13H19NO. The third-order valence-corrected chi connectivity index (χ3v) is 2.25. The molecule has 82 valence electrons. The quantitative estimate of drug-likeness (QED) is 0.637. The van der Waals surface area contributed by atoms with Crippen LogP contribution in [0.25, 0.3) is 0 Å². The Morgan fingerprint density at radius 3 is 2.53 bits per heavy atom. The minimum Gasteiger partial charge on any atom is -0.337 e.